The zero-order chi connectivity index (χ0) is 14.4. The number of phenols is 1. The molecule has 3 rings (SSSR count). The maximum absolute atomic E-state index is 11.9. The van der Waals surface area contributed by atoms with Gasteiger partial charge in [0, 0.05) is 23.3 Å². The van der Waals surface area contributed by atoms with Crippen LogP contribution in [0.25, 0.3) is 5.57 Å². The minimum atomic E-state index is -0.848. The zero-order valence-electron chi connectivity index (χ0n) is 10.4. The van der Waals surface area contributed by atoms with Crippen molar-refractivity contribution >= 4 is 17.3 Å². The summed E-state index contributed by atoms with van der Waals surface area (Å²) in [7, 11) is 1.42. The van der Waals surface area contributed by atoms with Crippen molar-refractivity contribution in [2.45, 2.75) is 6.10 Å². The number of carbonyl (C=O) groups excluding carboxylic acids is 2. The fourth-order valence-corrected chi connectivity index (χ4v) is 2.28. The quantitative estimate of drug-likeness (QED) is 0.751. The predicted molar refractivity (Wildman–Crippen MR) is 67.6 cm³/mol. The van der Waals surface area contributed by atoms with E-state index in [1.165, 1.54) is 25.3 Å². The van der Waals surface area contributed by atoms with Crippen LogP contribution in [0.1, 0.15) is 15.9 Å². The number of methoxy groups -OCH3 is 1. The van der Waals surface area contributed by atoms with Crippen LogP contribution in [0.3, 0.4) is 0 Å². The lowest BCUT2D eigenvalue weighted by Crippen LogP contribution is -2.29. The van der Waals surface area contributed by atoms with Crippen LogP contribution in [0.2, 0.25) is 0 Å². The van der Waals surface area contributed by atoms with Crippen molar-refractivity contribution in [1.29, 1.82) is 0 Å². The smallest absolute Gasteiger partial charge is 0.343 e. The molecule has 1 aromatic rings. The van der Waals surface area contributed by atoms with Crippen molar-refractivity contribution in [2.24, 2.45) is 0 Å². The lowest BCUT2D eigenvalue weighted by Gasteiger charge is -2.28. The molecule has 0 fully saturated rings. The molecule has 1 heterocycles. The van der Waals surface area contributed by atoms with E-state index in [1.807, 2.05) is 0 Å². The molecule has 6 nitrogen and oxygen atoms in total. The monoisotopic (exact) mass is 274 g/mol. The third-order valence-electron chi connectivity index (χ3n) is 3.23. The molecule has 0 aromatic heterocycles. The van der Waals surface area contributed by atoms with Gasteiger partial charge in [0.1, 0.15) is 17.1 Å². The summed E-state index contributed by atoms with van der Waals surface area (Å²) in [6.45, 7) is 0. The Morgan fingerprint density at radius 2 is 2.00 bits per heavy atom. The van der Waals surface area contributed by atoms with E-state index in [0.29, 0.717) is 16.9 Å². The van der Waals surface area contributed by atoms with E-state index < -0.39 is 23.6 Å². The van der Waals surface area contributed by atoms with Crippen molar-refractivity contribution in [3.63, 3.8) is 0 Å². The largest absolute Gasteiger partial charge is 0.507 e. The molecule has 20 heavy (non-hydrogen) atoms. The Kier molecular flexibility index (Phi) is 2.53. The van der Waals surface area contributed by atoms with Crippen LogP contribution in [0.5, 0.6) is 11.5 Å². The summed E-state index contributed by atoms with van der Waals surface area (Å²) < 4.78 is 10.1. The van der Waals surface area contributed by atoms with E-state index in [0.717, 1.165) is 6.08 Å². The average molecular weight is 274 g/mol. The Morgan fingerprint density at radius 3 is 2.70 bits per heavy atom. The van der Waals surface area contributed by atoms with E-state index in [2.05, 4.69) is 0 Å². The Hall–Kier alpha value is -2.76. The number of hydrogen-bond donors (Lipinski definition) is 2. The summed E-state index contributed by atoms with van der Waals surface area (Å²) in [5, 5.41) is 19.3. The molecule has 1 atom stereocenters. The normalized spacial score (nSPS) is 20.4. The van der Waals surface area contributed by atoms with E-state index in [1.54, 1.807) is 0 Å². The number of fused-ring (bicyclic) bond motifs is 3. The molecular formula is C14H10O6. The van der Waals surface area contributed by atoms with Gasteiger partial charge in [-0.25, -0.2) is 4.79 Å². The van der Waals surface area contributed by atoms with Gasteiger partial charge in [-0.05, 0) is 12.1 Å². The Balaban J connectivity index is 2.24. The first-order chi connectivity index (χ1) is 9.51. The first-order valence-electron chi connectivity index (χ1n) is 5.80. The summed E-state index contributed by atoms with van der Waals surface area (Å²) in [4.78, 5) is 23.5. The predicted octanol–water partition coefficient (Wildman–Crippen LogP) is 1.35. The number of benzene rings is 1. The van der Waals surface area contributed by atoms with Gasteiger partial charge in [-0.1, -0.05) is 0 Å². The number of allylic oxidation sites excluding steroid dienone is 1. The molecule has 0 saturated carbocycles. The molecule has 1 aliphatic heterocycles. The summed E-state index contributed by atoms with van der Waals surface area (Å²) >= 11 is 0. The van der Waals surface area contributed by atoms with Crippen LogP contribution < -0.4 is 4.74 Å². The third-order valence-corrected chi connectivity index (χ3v) is 3.23. The van der Waals surface area contributed by atoms with E-state index >= 15 is 0 Å². The number of rotatable bonds is 1. The lowest BCUT2D eigenvalue weighted by atomic mass is 9.88. The minimum Gasteiger partial charge on any atom is -0.507 e. The molecule has 0 radical (unpaired) electrons. The Labute approximate surface area is 113 Å². The summed E-state index contributed by atoms with van der Waals surface area (Å²) in [5.41, 5.74) is 0.743. The van der Waals surface area contributed by atoms with Gasteiger partial charge in [-0.15, -0.1) is 0 Å². The lowest BCUT2D eigenvalue weighted by molar-refractivity contribution is -0.113. The SMILES string of the molecule is COc1cc(O)c2c(c1)C1=CC(=O)C(O)=CC1OC2=O. The molecule has 0 bridgehead atoms. The van der Waals surface area contributed by atoms with Crippen LogP contribution in [-0.2, 0) is 9.53 Å². The summed E-state index contributed by atoms with van der Waals surface area (Å²) in [6.07, 6.45) is 1.50. The van der Waals surface area contributed by atoms with Crippen LogP contribution in [-0.4, -0.2) is 35.2 Å². The van der Waals surface area contributed by atoms with Gasteiger partial charge in [0.15, 0.2) is 11.9 Å². The van der Waals surface area contributed by atoms with Gasteiger partial charge in [0.2, 0.25) is 5.78 Å². The molecular weight excluding hydrogens is 264 g/mol. The fraction of sp³-hybridized carbons (Fsp3) is 0.143. The van der Waals surface area contributed by atoms with Gasteiger partial charge in [-0.3, -0.25) is 4.79 Å². The number of aliphatic hydroxyl groups excluding tert-OH is 1. The van der Waals surface area contributed by atoms with Crippen LogP contribution in [0, 0.1) is 0 Å². The fourth-order valence-electron chi connectivity index (χ4n) is 2.28. The number of esters is 1. The molecule has 1 aromatic carbocycles. The van der Waals surface area contributed by atoms with E-state index in [4.69, 9.17) is 9.47 Å². The van der Waals surface area contributed by atoms with E-state index in [9.17, 15) is 19.8 Å². The molecule has 102 valence electrons. The molecule has 1 unspecified atom stereocenters. The standard InChI is InChI=1S/C14H10O6/c1-19-6-2-8-7-4-9(15)10(16)5-12(7)20-14(18)13(8)11(17)3-6/h2-5,12,16-17H,1H3. The van der Waals surface area contributed by atoms with E-state index in [-0.39, 0.29) is 11.3 Å². The number of ether oxygens (including phenoxy) is 2. The highest BCUT2D eigenvalue weighted by Crippen LogP contribution is 2.40. The van der Waals surface area contributed by atoms with Crippen LogP contribution in [0.4, 0.5) is 0 Å². The van der Waals surface area contributed by atoms with Crippen molar-refractivity contribution in [3.8, 4) is 11.5 Å². The molecule has 2 N–H and O–H groups in total. The highest BCUT2D eigenvalue weighted by atomic mass is 16.5. The maximum Gasteiger partial charge on any atom is 0.343 e. The number of aromatic hydroxyl groups is 1. The molecule has 2 aliphatic rings. The minimum absolute atomic E-state index is 0.0177. The maximum atomic E-state index is 11.9. The van der Waals surface area contributed by atoms with Gasteiger partial charge in [0.05, 0.1) is 7.11 Å². The second kappa shape index (κ2) is 4.12. The van der Waals surface area contributed by atoms with Gasteiger partial charge < -0.3 is 19.7 Å². The van der Waals surface area contributed by atoms with Gasteiger partial charge >= 0.3 is 5.97 Å². The van der Waals surface area contributed by atoms with Crippen molar-refractivity contribution in [1.82, 2.24) is 0 Å². The topological polar surface area (TPSA) is 93.1 Å². The third kappa shape index (κ3) is 1.65. The molecule has 0 amide bonds. The zero-order valence-corrected chi connectivity index (χ0v) is 10.4. The summed E-state index contributed by atoms with van der Waals surface area (Å²) in [5.74, 6) is -1.71. The number of ketones is 1. The van der Waals surface area contributed by atoms with Crippen LogP contribution in [0.15, 0.2) is 30.0 Å². The second-order valence-corrected chi connectivity index (χ2v) is 4.41. The Morgan fingerprint density at radius 1 is 1.25 bits per heavy atom. The number of aliphatic hydroxyl groups is 1. The number of hydrogen-bond acceptors (Lipinski definition) is 6. The Bertz CT molecular complexity index is 698. The molecule has 1 aliphatic carbocycles. The molecule has 0 saturated heterocycles. The molecule has 6 heteroatoms. The average Bonchev–Trinajstić information content (AvgIpc) is 2.40. The van der Waals surface area contributed by atoms with Crippen molar-refractivity contribution in [2.75, 3.05) is 7.11 Å². The van der Waals surface area contributed by atoms with Gasteiger partial charge in [0.25, 0.3) is 0 Å². The first-order valence-corrected chi connectivity index (χ1v) is 5.80. The first kappa shape index (κ1) is 12.3. The van der Waals surface area contributed by atoms with Crippen LogP contribution >= 0.6 is 0 Å². The number of carbonyl (C=O) groups is 2. The number of phenolic OH excluding ortho intramolecular Hbond substituents is 1. The van der Waals surface area contributed by atoms with Gasteiger partial charge in [-0.2, -0.15) is 0 Å². The second-order valence-electron chi connectivity index (χ2n) is 4.41. The van der Waals surface area contributed by atoms with Crippen molar-refractivity contribution in [3.05, 3.63) is 41.2 Å². The summed E-state index contributed by atoms with van der Waals surface area (Å²) in [6, 6.07) is 2.83. The molecule has 0 spiro atoms. The highest BCUT2D eigenvalue weighted by molar-refractivity contribution is 6.13. The van der Waals surface area contributed by atoms with Crippen molar-refractivity contribution < 1.29 is 29.3 Å². The highest BCUT2D eigenvalue weighted by Gasteiger charge is 2.36.